The van der Waals surface area contributed by atoms with Gasteiger partial charge < -0.3 is 10.1 Å². The number of morpholine rings is 1. The number of imide groups is 1. The molecular weight excluding hydrogens is 196 g/mol. The molecule has 0 saturated carbocycles. The van der Waals surface area contributed by atoms with Crippen molar-refractivity contribution in [1.82, 2.24) is 10.2 Å². The molecule has 2 rings (SSSR count). The number of carbonyl (C=O) groups excluding carboxylic acids is 2. The average molecular weight is 210 g/mol. The van der Waals surface area contributed by atoms with Crippen molar-refractivity contribution >= 4 is 11.8 Å². The van der Waals surface area contributed by atoms with Crippen LogP contribution in [0.3, 0.4) is 0 Å². The smallest absolute Gasteiger partial charge is 0.255 e. The first-order valence-electron chi connectivity index (χ1n) is 5.07. The second-order valence-corrected chi connectivity index (χ2v) is 3.68. The molecule has 0 aromatic rings. The Kier molecular flexibility index (Phi) is 3.13. The molecule has 0 radical (unpaired) electrons. The molecule has 2 amide bonds. The Labute approximate surface area is 88.1 Å². The van der Waals surface area contributed by atoms with Crippen LogP contribution in [0.25, 0.3) is 0 Å². The predicted octanol–water partition coefficient (Wildman–Crippen LogP) is -0.708. The number of carbonyl (C=O) groups is 2. The van der Waals surface area contributed by atoms with Crippen LogP contribution in [0.1, 0.15) is 6.42 Å². The van der Waals surface area contributed by atoms with E-state index in [4.69, 9.17) is 4.74 Å². The number of ether oxygens (including phenoxy) is 1. The lowest BCUT2D eigenvalue weighted by Crippen LogP contribution is -2.47. The summed E-state index contributed by atoms with van der Waals surface area (Å²) >= 11 is 0. The fourth-order valence-electron chi connectivity index (χ4n) is 1.71. The van der Waals surface area contributed by atoms with E-state index in [1.54, 1.807) is 0 Å². The largest absolute Gasteiger partial charge is 0.362 e. The third-order valence-corrected chi connectivity index (χ3v) is 2.57. The van der Waals surface area contributed by atoms with Crippen molar-refractivity contribution in [2.75, 3.05) is 32.8 Å². The molecule has 2 aliphatic rings. The molecule has 82 valence electrons. The lowest BCUT2D eigenvalue weighted by molar-refractivity contribution is -0.157. The van der Waals surface area contributed by atoms with Crippen LogP contribution in [-0.2, 0) is 14.3 Å². The minimum absolute atomic E-state index is 0.0251. The predicted molar refractivity (Wildman–Crippen MR) is 53.1 cm³/mol. The van der Waals surface area contributed by atoms with Crippen LogP contribution < -0.4 is 5.32 Å². The summed E-state index contributed by atoms with van der Waals surface area (Å²) in [5, 5.41) is 3.18. The van der Waals surface area contributed by atoms with Gasteiger partial charge in [-0.25, -0.2) is 0 Å². The standard InChI is InChI=1S/C10H14N2O3/c13-9-6-15-7-10(14)12(9)5-8-1-3-11-4-2-8/h1,11H,2-7H2. The topological polar surface area (TPSA) is 58.6 Å². The van der Waals surface area contributed by atoms with Gasteiger partial charge in [0.15, 0.2) is 0 Å². The van der Waals surface area contributed by atoms with Gasteiger partial charge in [0.2, 0.25) is 0 Å². The Morgan fingerprint density at radius 2 is 2.07 bits per heavy atom. The first-order valence-corrected chi connectivity index (χ1v) is 5.07. The minimum Gasteiger partial charge on any atom is -0.362 e. The first kappa shape index (κ1) is 10.3. The van der Waals surface area contributed by atoms with Crippen molar-refractivity contribution in [1.29, 1.82) is 0 Å². The zero-order valence-corrected chi connectivity index (χ0v) is 8.49. The van der Waals surface area contributed by atoms with Gasteiger partial charge in [0.05, 0.1) is 0 Å². The number of rotatable bonds is 2. The van der Waals surface area contributed by atoms with Crippen LogP contribution in [-0.4, -0.2) is 49.6 Å². The Morgan fingerprint density at radius 1 is 1.33 bits per heavy atom. The maximum atomic E-state index is 11.4. The normalized spacial score (nSPS) is 22.9. The molecule has 0 aromatic heterocycles. The molecule has 0 aromatic carbocycles. The van der Waals surface area contributed by atoms with E-state index >= 15 is 0 Å². The Hall–Kier alpha value is -1.20. The summed E-state index contributed by atoms with van der Waals surface area (Å²) in [5.74, 6) is -0.462. The average Bonchev–Trinajstić information content (AvgIpc) is 2.25. The van der Waals surface area contributed by atoms with E-state index in [1.165, 1.54) is 4.90 Å². The third kappa shape index (κ3) is 2.43. The molecule has 0 unspecified atom stereocenters. The number of nitrogens with zero attached hydrogens (tertiary/aromatic N) is 1. The molecule has 2 heterocycles. The van der Waals surface area contributed by atoms with E-state index in [1.807, 2.05) is 6.08 Å². The van der Waals surface area contributed by atoms with Crippen LogP contribution in [0, 0.1) is 0 Å². The van der Waals surface area contributed by atoms with Crippen LogP contribution in [0.4, 0.5) is 0 Å². The molecule has 0 bridgehead atoms. The van der Waals surface area contributed by atoms with Crippen LogP contribution in [0.5, 0.6) is 0 Å². The number of nitrogens with one attached hydrogen (secondary N) is 1. The van der Waals surface area contributed by atoms with Gasteiger partial charge in [-0.2, -0.15) is 0 Å². The van der Waals surface area contributed by atoms with Crippen molar-refractivity contribution in [3.63, 3.8) is 0 Å². The second-order valence-electron chi connectivity index (χ2n) is 3.68. The summed E-state index contributed by atoms with van der Waals surface area (Å²) in [4.78, 5) is 24.1. The maximum absolute atomic E-state index is 11.4. The lowest BCUT2D eigenvalue weighted by Gasteiger charge is -2.27. The number of amides is 2. The van der Waals surface area contributed by atoms with Gasteiger partial charge in [0.25, 0.3) is 11.8 Å². The van der Waals surface area contributed by atoms with Gasteiger partial charge in [-0.3, -0.25) is 14.5 Å². The van der Waals surface area contributed by atoms with Crippen molar-refractivity contribution < 1.29 is 14.3 Å². The summed E-state index contributed by atoms with van der Waals surface area (Å²) in [7, 11) is 0. The molecule has 5 nitrogen and oxygen atoms in total. The summed E-state index contributed by atoms with van der Waals surface area (Å²) in [6.07, 6.45) is 2.94. The highest BCUT2D eigenvalue weighted by Crippen LogP contribution is 2.10. The SMILES string of the molecule is O=C1COCC(=O)N1CC1=CCNCC1. The highest BCUT2D eigenvalue weighted by Gasteiger charge is 2.27. The van der Waals surface area contributed by atoms with Gasteiger partial charge in [-0.1, -0.05) is 11.6 Å². The molecule has 0 aliphatic carbocycles. The van der Waals surface area contributed by atoms with E-state index in [2.05, 4.69) is 5.32 Å². The molecule has 0 atom stereocenters. The molecule has 1 fully saturated rings. The van der Waals surface area contributed by atoms with E-state index in [0.717, 1.165) is 25.1 Å². The van der Waals surface area contributed by atoms with Crippen molar-refractivity contribution in [2.45, 2.75) is 6.42 Å². The van der Waals surface area contributed by atoms with E-state index in [0.29, 0.717) is 6.54 Å². The van der Waals surface area contributed by atoms with Gasteiger partial charge in [0, 0.05) is 13.1 Å². The van der Waals surface area contributed by atoms with Crippen molar-refractivity contribution in [2.24, 2.45) is 0 Å². The zero-order valence-electron chi connectivity index (χ0n) is 8.49. The highest BCUT2D eigenvalue weighted by molar-refractivity contribution is 5.98. The molecule has 5 heteroatoms. The molecule has 15 heavy (non-hydrogen) atoms. The first-order chi connectivity index (χ1) is 7.27. The summed E-state index contributed by atoms with van der Waals surface area (Å²) in [6.45, 7) is 2.22. The van der Waals surface area contributed by atoms with E-state index in [-0.39, 0.29) is 25.0 Å². The molecule has 2 aliphatic heterocycles. The quantitative estimate of drug-likeness (QED) is 0.483. The summed E-state index contributed by atoms with van der Waals surface area (Å²) in [5.41, 5.74) is 1.15. The molecule has 0 spiro atoms. The van der Waals surface area contributed by atoms with E-state index in [9.17, 15) is 9.59 Å². The van der Waals surface area contributed by atoms with Crippen LogP contribution in [0.2, 0.25) is 0 Å². The lowest BCUT2D eigenvalue weighted by atomic mass is 10.1. The van der Waals surface area contributed by atoms with E-state index < -0.39 is 0 Å². The second kappa shape index (κ2) is 4.55. The van der Waals surface area contributed by atoms with Crippen LogP contribution >= 0.6 is 0 Å². The summed E-state index contributed by atoms with van der Waals surface area (Å²) in [6, 6.07) is 0. The van der Waals surface area contributed by atoms with Crippen LogP contribution in [0.15, 0.2) is 11.6 Å². The Balaban J connectivity index is 1.99. The summed E-state index contributed by atoms with van der Waals surface area (Å²) < 4.78 is 4.84. The zero-order chi connectivity index (χ0) is 10.7. The molecule has 1 saturated heterocycles. The molecule has 1 N–H and O–H groups in total. The van der Waals surface area contributed by atoms with Crippen molar-refractivity contribution in [3.8, 4) is 0 Å². The maximum Gasteiger partial charge on any atom is 0.255 e. The minimum atomic E-state index is -0.231. The number of hydrogen-bond donors (Lipinski definition) is 1. The number of hydrogen-bond acceptors (Lipinski definition) is 4. The Bertz CT molecular complexity index is 296. The van der Waals surface area contributed by atoms with Gasteiger partial charge >= 0.3 is 0 Å². The Morgan fingerprint density at radius 3 is 2.67 bits per heavy atom. The van der Waals surface area contributed by atoms with Gasteiger partial charge in [-0.05, 0) is 13.0 Å². The fraction of sp³-hybridized carbons (Fsp3) is 0.600. The monoisotopic (exact) mass is 210 g/mol. The van der Waals surface area contributed by atoms with Gasteiger partial charge in [-0.15, -0.1) is 0 Å². The highest BCUT2D eigenvalue weighted by atomic mass is 16.5. The van der Waals surface area contributed by atoms with Crippen molar-refractivity contribution in [3.05, 3.63) is 11.6 Å². The fourth-order valence-corrected chi connectivity index (χ4v) is 1.71. The molecular formula is C10H14N2O3. The third-order valence-electron chi connectivity index (χ3n) is 2.57. The van der Waals surface area contributed by atoms with Gasteiger partial charge in [0.1, 0.15) is 13.2 Å².